The van der Waals surface area contributed by atoms with Gasteiger partial charge in [-0.15, -0.1) is 0 Å². The average molecular weight is 438 g/mol. The lowest BCUT2D eigenvalue weighted by Crippen LogP contribution is -2.41. The monoisotopic (exact) mass is 437 g/mol. The van der Waals surface area contributed by atoms with Crippen molar-refractivity contribution in [1.82, 2.24) is 9.97 Å². The predicted molar refractivity (Wildman–Crippen MR) is 112 cm³/mol. The lowest BCUT2D eigenvalue weighted by Gasteiger charge is -2.26. The Labute approximate surface area is 175 Å². The second-order valence-electron chi connectivity index (χ2n) is 7.25. The minimum atomic E-state index is -4.13. The van der Waals surface area contributed by atoms with Gasteiger partial charge in [0.2, 0.25) is 0 Å². The Morgan fingerprint density at radius 1 is 1.27 bits per heavy atom. The molecular weight excluding hydrogens is 410 g/mol. The van der Waals surface area contributed by atoms with E-state index in [4.69, 9.17) is 5.14 Å². The second kappa shape index (κ2) is 9.67. The molecule has 1 aromatic carbocycles. The van der Waals surface area contributed by atoms with Crippen molar-refractivity contribution in [3.63, 3.8) is 0 Å². The van der Waals surface area contributed by atoms with E-state index < -0.39 is 28.6 Å². The first kappa shape index (κ1) is 22.4. The van der Waals surface area contributed by atoms with Crippen LogP contribution in [0.15, 0.2) is 36.7 Å². The SMILES string of the molecule is CC[C@H](COS(N)(=O)=O)[C@@H](O)[C@@H](O)Nc1cc(N[C@H]2CCc3ccccc32)ncn1. The minimum Gasteiger partial charge on any atom is -0.388 e. The molecule has 0 bridgehead atoms. The zero-order valence-electron chi connectivity index (χ0n) is 16.6. The molecule has 10 nitrogen and oxygen atoms in total. The minimum absolute atomic E-state index is 0.138. The summed E-state index contributed by atoms with van der Waals surface area (Å²) in [5, 5.41) is 31.6. The van der Waals surface area contributed by atoms with E-state index in [2.05, 4.69) is 36.9 Å². The van der Waals surface area contributed by atoms with E-state index in [1.54, 1.807) is 13.0 Å². The van der Waals surface area contributed by atoms with E-state index >= 15 is 0 Å². The van der Waals surface area contributed by atoms with Gasteiger partial charge in [-0.2, -0.15) is 8.42 Å². The first-order valence-electron chi connectivity index (χ1n) is 9.73. The smallest absolute Gasteiger partial charge is 0.333 e. The number of nitrogens with zero attached hydrogens (tertiary/aromatic N) is 2. The third-order valence-electron chi connectivity index (χ3n) is 5.20. The highest BCUT2D eigenvalue weighted by Gasteiger charge is 2.27. The molecule has 0 radical (unpaired) electrons. The molecule has 0 spiro atoms. The number of fused-ring (bicyclic) bond motifs is 1. The first-order valence-corrected chi connectivity index (χ1v) is 11.2. The summed E-state index contributed by atoms with van der Waals surface area (Å²) in [6, 6.07) is 10.0. The van der Waals surface area contributed by atoms with Gasteiger partial charge < -0.3 is 20.8 Å². The van der Waals surface area contributed by atoms with Crippen LogP contribution in [0.2, 0.25) is 0 Å². The van der Waals surface area contributed by atoms with Crippen LogP contribution in [-0.4, -0.2) is 47.5 Å². The van der Waals surface area contributed by atoms with E-state index in [0.29, 0.717) is 18.1 Å². The number of rotatable bonds is 10. The van der Waals surface area contributed by atoms with E-state index in [1.807, 2.05) is 12.1 Å². The molecule has 1 aliphatic carbocycles. The number of aliphatic hydroxyl groups excluding tert-OH is 2. The van der Waals surface area contributed by atoms with Crippen molar-refractivity contribution in [2.24, 2.45) is 11.1 Å². The third-order valence-corrected chi connectivity index (χ3v) is 5.66. The molecule has 0 saturated heterocycles. The number of aromatic nitrogens is 2. The number of benzene rings is 1. The fraction of sp³-hybridized carbons (Fsp3) is 0.474. The van der Waals surface area contributed by atoms with Crippen LogP contribution in [0.1, 0.15) is 36.9 Å². The van der Waals surface area contributed by atoms with Gasteiger partial charge in [-0.25, -0.2) is 15.1 Å². The van der Waals surface area contributed by atoms with Gasteiger partial charge in [0.25, 0.3) is 0 Å². The van der Waals surface area contributed by atoms with Gasteiger partial charge in [0, 0.05) is 12.0 Å². The zero-order chi connectivity index (χ0) is 21.7. The maximum absolute atomic E-state index is 11.0. The number of anilines is 2. The Morgan fingerprint density at radius 2 is 2.00 bits per heavy atom. The lowest BCUT2D eigenvalue weighted by atomic mass is 9.99. The summed E-state index contributed by atoms with van der Waals surface area (Å²) < 4.78 is 26.5. The van der Waals surface area contributed by atoms with Crippen LogP contribution in [0.25, 0.3) is 0 Å². The molecule has 4 atom stereocenters. The highest BCUT2D eigenvalue weighted by molar-refractivity contribution is 7.84. The van der Waals surface area contributed by atoms with Gasteiger partial charge in [-0.3, -0.25) is 4.18 Å². The molecule has 0 fully saturated rings. The molecule has 1 aliphatic rings. The second-order valence-corrected chi connectivity index (χ2v) is 8.47. The normalized spacial score (nSPS) is 19.0. The van der Waals surface area contributed by atoms with E-state index in [0.717, 1.165) is 12.8 Å². The Morgan fingerprint density at radius 3 is 2.73 bits per heavy atom. The van der Waals surface area contributed by atoms with Crippen molar-refractivity contribution in [3.8, 4) is 0 Å². The van der Waals surface area contributed by atoms with E-state index in [1.165, 1.54) is 17.5 Å². The predicted octanol–water partition coefficient (Wildman–Crippen LogP) is 0.913. The molecule has 2 aromatic rings. The maximum Gasteiger partial charge on any atom is 0.333 e. The van der Waals surface area contributed by atoms with E-state index in [-0.39, 0.29) is 12.6 Å². The largest absolute Gasteiger partial charge is 0.388 e. The van der Waals surface area contributed by atoms with Crippen molar-refractivity contribution in [3.05, 3.63) is 47.8 Å². The molecule has 30 heavy (non-hydrogen) atoms. The highest BCUT2D eigenvalue weighted by atomic mass is 32.2. The van der Waals surface area contributed by atoms with Crippen LogP contribution in [0.5, 0.6) is 0 Å². The Kier molecular flexibility index (Phi) is 7.21. The molecule has 0 unspecified atom stereocenters. The maximum atomic E-state index is 11.0. The number of nitrogens with one attached hydrogen (secondary N) is 2. The fourth-order valence-electron chi connectivity index (χ4n) is 3.54. The van der Waals surface area contributed by atoms with Crippen LogP contribution >= 0.6 is 0 Å². The molecule has 0 saturated carbocycles. The summed E-state index contributed by atoms with van der Waals surface area (Å²) in [7, 11) is -4.13. The zero-order valence-corrected chi connectivity index (χ0v) is 17.4. The fourth-order valence-corrected chi connectivity index (χ4v) is 3.90. The molecule has 3 rings (SSSR count). The lowest BCUT2D eigenvalue weighted by molar-refractivity contribution is -0.0163. The standard InChI is InChI=1S/C19H27N5O5S/c1-2-12(10-29-30(20,27)28)18(25)19(26)24-17-9-16(21-11-22-17)23-15-8-7-13-5-3-4-6-14(13)15/h3-6,9,11-12,15,18-19,25-26H,2,7-8,10H2,1H3,(H2,20,27,28)(H2,21,22,23,24)/t12-,15+,18-,19-/m1/s1. The molecule has 0 aliphatic heterocycles. The Hall–Kier alpha value is -2.31. The molecule has 1 aromatic heterocycles. The summed E-state index contributed by atoms with van der Waals surface area (Å²) >= 11 is 0. The Balaban J connectivity index is 1.61. The summed E-state index contributed by atoms with van der Waals surface area (Å²) in [5.41, 5.74) is 2.55. The van der Waals surface area contributed by atoms with Gasteiger partial charge in [0.05, 0.1) is 12.6 Å². The third kappa shape index (κ3) is 5.86. The van der Waals surface area contributed by atoms with Gasteiger partial charge in [0.1, 0.15) is 24.1 Å². The molecule has 0 amide bonds. The van der Waals surface area contributed by atoms with Crippen LogP contribution < -0.4 is 15.8 Å². The molecular formula is C19H27N5O5S. The van der Waals surface area contributed by atoms with E-state index in [9.17, 15) is 18.6 Å². The van der Waals surface area contributed by atoms with Crippen molar-refractivity contribution < 1.29 is 22.8 Å². The van der Waals surface area contributed by atoms with Crippen LogP contribution in [0, 0.1) is 5.92 Å². The molecule has 11 heteroatoms. The van der Waals surface area contributed by atoms with Gasteiger partial charge in [-0.05, 0) is 30.4 Å². The first-order chi connectivity index (χ1) is 14.3. The summed E-state index contributed by atoms with van der Waals surface area (Å²) in [6.45, 7) is 1.40. The number of aryl methyl sites for hydroxylation is 1. The summed E-state index contributed by atoms with van der Waals surface area (Å²) in [6.07, 6.45) is 0.974. The van der Waals surface area contributed by atoms with Crippen molar-refractivity contribution >= 4 is 21.9 Å². The average Bonchev–Trinajstić information content (AvgIpc) is 3.10. The van der Waals surface area contributed by atoms with Crippen molar-refractivity contribution in [2.45, 2.75) is 44.6 Å². The van der Waals surface area contributed by atoms with Crippen molar-refractivity contribution in [1.29, 1.82) is 0 Å². The molecule has 164 valence electrons. The number of nitrogens with two attached hydrogens (primary N) is 1. The van der Waals surface area contributed by atoms with Gasteiger partial charge in [-0.1, -0.05) is 31.2 Å². The Bertz CT molecular complexity index is 958. The summed E-state index contributed by atoms with van der Waals surface area (Å²) in [5.74, 6) is 0.244. The highest BCUT2D eigenvalue weighted by Crippen LogP contribution is 2.33. The van der Waals surface area contributed by atoms with Gasteiger partial charge >= 0.3 is 10.3 Å². The number of aliphatic hydroxyl groups is 2. The quantitative estimate of drug-likeness (QED) is 0.340. The number of hydrogen-bond acceptors (Lipinski definition) is 9. The van der Waals surface area contributed by atoms with Crippen LogP contribution in [-0.2, 0) is 20.9 Å². The molecule has 1 heterocycles. The molecule has 6 N–H and O–H groups in total. The van der Waals surface area contributed by atoms with Crippen LogP contribution in [0.3, 0.4) is 0 Å². The van der Waals surface area contributed by atoms with Crippen LogP contribution in [0.4, 0.5) is 11.6 Å². The van der Waals surface area contributed by atoms with Crippen molar-refractivity contribution in [2.75, 3.05) is 17.2 Å². The summed E-state index contributed by atoms with van der Waals surface area (Å²) in [4.78, 5) is 8.30. The topological polar surface area (TPSA) is 160 Å². The van der Waals surface area contributed by atoms with Gasteiger partial charge in [0.15, 0.2) is 6.23 Å². The number of hydrogen-bond donors (Lipinski definition) is 5.